The molecule has 6 heteroatoms. The monoisotopic (exact) mass is 243 g/mol. The lowest BCUT2D eigenvalue weighted by molar-refractivity contribution is -0.148. The first-order valence-corrected chi connectivity index (χ1v) is 5.39. The van der Waals surface area contributed by atoms with E-state index in [2.05, 4.69) is 4.74 Å². The van der Waals surface area contributed by atoms with Crippen LogP contribution in [0.25, 0.3) is 0 Å². The number of amides is 2. The zero-order valence-corrected chi connectivity index (χ0v) is 10.5. The normalized spacial score (nSPS) is 20.4. The van der Waals surface area contributed by atoms with Gasteiger partial charge in [-0.15, -0.1) is 0 Å². The van der Waals surface area contributed by atoms with E-state index in [0.29, 0.717) is 0 Å². The van der Waals surface area contributed by atoms with Crippen LogP contribution in [-0.2, 0) is 19.1 Å². The number of nitrogens with zero attached hydrogens (tertiary/aromatic N) is 1. The fraction of sp³-hybridized carbons (Fsp3) is 0.727. The molecule has 0 N–H and O–H groups in total. The molecule has 0 aliphatic carbocycles. The average molecular weight is 243 g/mol. The highest BCUT2D eigenvalue weighted by atomic mass is 16.6. The molecule has 0 aromatic rings. The Bertz CT molecular complexity index is 344. The van der Waals surface area contributed by atoms with E-state index in [1.807, 2.05) is 0 Å². The Morgan fingerprint density at radius 2 is 1.94 bits per heavy atom. The van der Waals surface area contributed by atoms with Crippen LogP contribution in [0.15, 0.2) is 0 Å². The van der Waals surface area contributed by atoms with Crippen LogP contribution in [0.5, 0.6) is 0 Å². The first-order chi connectivity index (χ1) is 7.76. The minimum absolute atomic E-state index is 0.152. The summed E-state index contributed by atoms with van der Waals surface area (Å²) in [6, 6.07) is -0.859. The molecule has 0 bridgehead atoms. The van der Waals surface area contributed by atoms with Crippen molar-refractivity contribution in [1.82, 2.24) is 4.90 Å². The van der Waals surface area contributed by atoms with Crippen molar-refractivity contribution in [3.8, 4) is 0 Å². The van der Waals surface area contributed by atoms with E-state index >= 15 is 0 Å². The van der Waals surface area contributed by atoms with E-state index in [4.69, 9.17) is 4.74 Å². The molecule has 0 saturated carbocycles. The van der Waals surface area contributed by atoms with E-state index in [0.717, 1.165) is 4.90 Å². The maximum atomic E-state index is 11.8. The maximum absolute atomic E-state index is 11.8. The van der Waals surface area contributed by atoms with Crippen LogP contribution in [-0.4, -0.2) is 41.6 Å². The Morgan fingerprint density at radius 3 is 2.41 bits per heavy atom. The molecule has 17 heavy (non-hydrogen) atoms. The third kappa shape index (κ3) is 3.18. The first kappa shape index (κ1) is 13.5. The molecule has 96 valence electrons. The predicted octanol–water partition coefficient (Wildman–Crippen LogP) is 1.09. The van der Waals surface area contributed by atoms with Gasteiger partial charge in [0.05, 0.1) is 7.11 Å². The van der Waals surface area contributed by atoms with Gasteiger partial charge >= 0.3 is 12.1 Å². The van der Waals surface area contributed by atoms with Gasteiger partial charge in [-0.1, -0.05) is 0 Å². The lowest BCUT2D eigenvalue weighted by Crippen LogP contribution is -2.45. The van der Waals surface area contributed by atoms with Gasteiger partial charge in [0.15, 0.2) is 0 Å². The number of likely N-dealkylation sites (tertiary alicyclic amines) is 1. The standard InChI is InChI=1S/C11H17NO5/c1-11(2,3)17-10(15)12-7(9(14)16-4)5-6-8(12)13/h7H,5-6H2,1-4H3/t7-/m1/s1. The molecule has 0 unspecified atom stereocenters. The second-order valence-corrected chi connectivity index (χ2v) is 4.82. The van der Waals surface area contributed by atoms with Gasteiger partial charge in [-0.05, 0) is 27.2 Å². The highest BCUT2D eigenvalue weighted by Gasteiger charge is 2.42. The summed E-state index contributed by atoms with van der Waals surface area (Å²) in [6.07, 6.45) is -0.362. The van der Waals surface area contributed by atoms with Crippen LogP contribution >= 0.6 is 0 Å². The molecule has 0 radical (unpaired) electrons. The fourth-order valence-corrected chi connectivity index (χ4v) is 1.58. The largest absolute Gasteiger partial charge is 0.467 e. The molecular formula is C11H17NO5. The molecule has 1 heterocycles. The van der Waals surface area contributed by atoms with E-state index in [1.165, 1.54) is 7.11 Å². The van der Waals surface area contributed by atoms with Crippen molar-refractivity contribution < 1.29 is 23.9 Å². The van der Waals surface area contributed by atoms with E-state index < -0.39 is 29.6 Å². The van der Waals surface area contributed by atoms with Gasteiger partial charge in [-0.3, -0.25) is 4.79 Å². The first-order valence-electron chi connectivity index (χ1n) is 5.39. The van der Waals surface area contributed by atoms with Crippen molar-refractivity contribution in [2.75, 3.05) is 7.11 Å². The lowest BCUT2D eigenvalue weighted by Gasteiger charge is -2.26. The van der Waals surface area contributed by atoms with Crippen LogP contribution in [0.1, 0.15) is 33.6 Å². The average Bonchev–Trinajstić information content (AvgIpc) is 2.56. The Hall–Kier alpha value is -1.59. The molecule has 1 rings (SSSR count). The summed E-state index contributed by atoms with van der Waals surface area (Å²) in [4.78, 5) is 35.6. The van der Waals surface area contributed by atoms with Crippen LogP contribution in [0.2, 0.25) is 0 Å². The Balaban J connectivity index is 2.81. The molecule has 1 atom stereocenters. The second kappa shape index (κ2) is 4.73. The third-order valence-corrected chi connectivity index (χ3v) is 2.28. The Labute approximate surface area is 99.9 Å². The summed E-state index contributed by atoms with van der Waals surface area (Å²) in [7, 11) is 1.22. The van der Waals surface area contributed by atoms with Gasteiger partial charge in [-0.25, -0.2) is 14.5 Å². The number of rotatable bonds is 1. The highest BCUT2D eigenvalue weighted by molar-refractivity contribution is 5.99. The van der Waals surface area contributed by atoms with Gasteiger partial charge in [0.2, 0.25) is 5.91 Å². The van der Waals surface area contributed by atoms with Crippen LogP contribution in [0.3, 0.4) is 0 Å². The molecule has 0 aromatic carbocycles. The van der Waals surface area contributed by atoms with Gasteiger partial charge in [0, 0.05) is 6.42 Å². The van der Waals surface area contributed by atoms with E-state index in [-0.39, 0.29) is 12.8 Å². The molecule has 1 fully saturated rings. The number of ether oxygens (including phenoxy) is 2. The summed E-state index contributed by atoms with van der Waals surface area (Å²) in [6.45, 7) is 5.08. The predicted molar refractivity (Wildman–Crippen MR) is 58.1 cm³/mol. The van der Waals surface area contributed by atoms with Crippen molar-refractivity contribution in [2.24, 2.45) is 0 Å². The molecule has 1 aliphatic heterocycles. The van der Waals surface area contributed by atoms with Crippen LogP contribution in [0.4, 0.5) is 4.79 Å². The number of imide groups is 1. The number of hydrogen-bond acceptors (Lipinski definition) is 5. The van der Waals surface area contributed by atoms with E-state index in [1.54, 1.807) is 20.8 Å². The Morgan fingerprint density at radius 1 is 1.35 bits per heavy atom. The smallest absolute Gasteiger partial charge is 0.417 e. The highest BCUT2D eigenvalue weighted by Crippen LogP contribution is 2.22. The molecule has 2 amide bonds. The van der Waals surface area contributed by atoms with Crippen molar-refractivity contribution in [3.63, 3.8) is 0 Å². The van der Waals surface area contributed by atoms with Crippen molar-refractivity contribution in [1.29, 1.82) is 0 Å². The quantitative estimate of drug-likeness (QED) is 0.644. The Kier molecular flexibility index (Phi) is 3.75. The minimum Gasteiger partial charge on any atom is -0.467 e. The van der Waals surface area contributed by atoms with Crippen LogP contribution < -0.4 is 0 Å². The number of esters is 1. The summed E-state index contributed by atoms with van der Waals surface area (Å²) >= 11 is 0. The summed E-state index contributed by atoms with van der Waals surface area (Å²) in [5.74, 6) is -1.00. The number of hydrogen-bond donors (Lipinski definition) is 0. The number of carbonyl (C=O) groups excluding carboxylic acids is 3. The summed E-state index contributed by atoms with van der Waals surface area (Å²) < 4.78 is 9.63. The third-order valence-electron chi connectivity index (χ3n) is 2.28. The molecule has 6 nitrogen and oxygen atoms in total. The van der Waals surface area contributed by atoms with Gasteiger partial charge in [0.1, 0.15) is 11.6 Å². The number of methoxy groups -OCH3 is 1. The minimum atomic E-state index is -0.859. The van der Waals surface area contributed by atoms with Gasteiger partial charge < -0.3 is 9.47 Å². The SMILES string of the molecule is COC(=O)[C@H]1CCC(=O)N1C(=O)OC(C)(C)C. The molecule has 1 aliphatic rings. The zero-order valence-electron chi connectivity index (χ0n) is 10.5. The zero-order chi connectivity index (χ0) is 13.2. The molecule has 0 spiro atoms. The maximum Gasteiger partial charge on any atom is 0.417 e. The summed E-state index contributed by atoms with van der Waals surface area (Å²) in [5, 5.41) is 0. The topological polar surface area (TPSA) is 72.9 Å². The fourth-order valence-electron chi connectivity index (χ4n) is 1.58. The van der Waals surface area contributed by atoms with E-state index in [9.17, 15) is 14.4 Å². The van der Waals surface area contributed by atoms with Crippen LogP contribution in [0, 0.1) is 0 Å². The summed E-state index contributed by atoms with van der Waals surface area (Å²) in [5.41, 5.74) is -0.708. The van der Waals surface area contributed by atoms with Gasteiger partial charge in [0.25, 0.3) is 0 Å². The van der Waals surface area contributed by atoms with Crippen molar-refractivity contribution >= 4 is 18.0 Å². The molecule has 1 saturated heterocycles. The van der Waals surface area contributed by atoms with Crippen molar-refractivity contribution in [2.45, 2.75) is 45.3 Å². The second-order valence-electron chi connectivity index (χ2n) is 4.82. The molecule has 0 aromatic heterocycles. The van der Waals surface area contributed by atoms with Crippen molar-refractivity contribution in [3.05, 3.63) is 0 Å². The lowest BCUT2D eigenvalue weighted by atomic mass is 10.2. The molecular weight excluding hydrogens is 226 g/mol. The van der Waals surface area contributed by atoms with Gasteiger partial charge in [-0.2, -0.15) is 0 Å². The number of carbonyl (C=O) groups is 3.